The molecule has 0 spiro atoms. The molecule has 1 aliphatic heterocycles. The van der Waals surface area contributed by atoms with Crippen LogP contribution in [0.4, 0.5) is 0 Å². The fourth-order valence-corrected chi connectivity index (χ4v) is 2.74. The first-order valence-corrected chi connectivity index (χ1v) is 7.41. The smallest absolute Gasteiger partial charge is 0.290 e. The molecule has 0 amide bonds. The molecule has 4 nitrogen and oxygen atoms in total. The van der Waals surface area contributed by atoms with Crippen molar-refractivity contribution in [1.29, 1.82) is 0 Å². The highest BCUT2D eigenvalue weighted by Gasteiger charge is 2.45. The molecule has 0 fully saturated rings. The third kappa shape index (κ3) is 2.97. The van der Waals surface area contributed by atoms with Crippen molar-refractivity contribution in [2.75, 3.05) is 26.4 Å². The Bertz CT molecular complexity index is 402. The zero-order valence-corrected chi connectivity index (χ0v) is 12.6. The monoisotopic (exact) mass is 280 g/mol. The highest BCUT2D eigenvalue weighted by Crippen LogP contribution is 2.43. The quantitative estimate of drug-likeness (QED) is 0.718. The minimum atomic E-state index is -1.02. The van der Waals surface area contributed by atoms with Gasteiger partial charge < -0.3 is 18.9 Å². The first-order chi connectivity index (χ1) is 9.77. The number of hydrogen-bond donors (Lipinski definition) is 0. The lowest BCUT2D eigenvalue weighted by molar-refractivity contribution is -0.390. The molecule has 1 aromatic carbocycles. The molecule has 0 N–H and O–H groups in total. The Morgan fingerprint density at radius 3 is 2.25 bits per heavy atom. The van der Waals surface area contributed by atoms with Gasteiger partial charge in [-0.05, 0) is 33.3 Å². The van der Waals surface area contributed by atoms with Gasteiger partial charge in [0.05, 0.1) is 12.5 Å². The van der Waals surface area contributed by atoms with Gasteiger partial charge in [0, 0.05) is 25.4 Å². The maximum atomic E-state index is 5.91. The Kier molecular flexibility index (Phi) is 5.40. The fraction of sp³-hybridized carbons (Fsp3) is 0.625. The molecular formula is C16H24O4. The molecule has 1 aromatic rings. The summed E-state index contributed by atoms with van der Waals surface area (Å²) in [7, 11) is 0. The second kappa shape index (κ2) is 7.07. The molecule has 1 unspecified atom stereocenters. The molecule has 112 valence electrons. The first-order valence-electron chi connectivity index (χ1n) is 7.41. The van der Waals surface area contributed by atoms with Crippen molar-refractivity contribution in [3.05, 3.63) is 29.8 Å². The van der Waals surface area contributed by atoms with Crippen LogP contribution in [0.25, 0.3) is 0 Å². The molecule has 0 radical (unpaired) electrons. The Balaban J connectivity index is 2.38. The van der Waals surface area contributed by atoms with Crippen LogP contribution in [0.1, 0.15) is 38.7 Å². The van der Waals surface area contributed by atoms with Crippen LogP contribution in [0.5, 0.6) is 5.75 Å². The molecule has 1 heterocycles. The van der Waals surface area contributed by atoms with Gasteiger partial charge in [-0.2, -0.15) is 0 Å². The summed E-state index contributed by atoms with van der Waals surface area (Å²) in [5.74, 6) is -0.0995. The van der Waals surface area contributed by atoms with E-state index in [-0.39, 0.29) is 5.92 Å². The molecule has 20 heavy (non-hydrogen) atoms. The Labute approximate surface area is 121 Å². The molecule has 4 heteroatoms. The molecule has 0 aliphatic carbocycles. The molecule has 1 aliphatic rings. The average Bonchev–Trinajstić information content (AvgIpc) is 2.47. The summed E-state index contributed by atoms with van der Waals surface area (Å²) < 4.78 is 23.4. The van der Waals surface area contributed by atoms with Gasteiger partial charge in [0.15, 0.2) is 0 Å². The van der Waals surface area contributed by atoms with Gasteiger partial charge in [0.1, 0.15) is 5.75 Å². The second-order valence-electron chi connectivity index (χ2n) is 4.63. The molecular weight excluding hydrogens is 256 g/mol. The molecule has 0 aromatic heterocycles. The van der Waals surface area contributed by atoms with Crippen LogP contribution in [0.15, 0.2) is 24.3 Å². The zero-order valence-electron chi connectivity index (χ0n) is 12.6. The topological polar surface area (TPSA) is 36.9 Å². The molecule has 2 rings (SSSR count). The van der Waals surface area contributed by atoms with Gasteiger partial charge >= 0.3 is 0 Å². The van der Waals surface area contributed by atoms with Gasteiger partial charge in [-0.15, -0.1) is 0 Å². The average molecular weight is 280 g/mol. The first kappa shape index (κ1) is 15.3. The summed E-state index contributed by atoms with van der Waals surface area (Å²) >= 11 is 0. The molecule has 0 saturated heterocycles. The number of fused-ring (bicyclic) bond motifs is 1. The van der Waals surface area contributed by atoms with Crippen LogP contribution < -0.4 is 4.74 Å². The van der Waals surface area contributed by atoms with E-state index in [1.165, 1.54) is 0 Å². The van der Waals surface area contributed by atoms with E-state index < -0.39 is 5.97 Å². The molecule has 0 bridgehead atoms. The van der Waals surface area contributed by atoms with Gasteiger partial charge in [-0.3, -0.25) is 0 Å². The Morgan fingerprint density at radius 2 is 1.65 bits per heavy atom. The predicted octanol–water partition coefficient (Wildman–Crippen LogP) is 3.32. The van der Waals surface area contributed by atoms with Crippen molar-refractivity contribution in [1.82, 2.24) is 0 Å². The van der Waals surface area contributed by atoms with Crippen molar-refractivity contribution in [2.45, 2.75) is 39.1 Å². The summed E-state index contributed by atoms with van der Waals surface area (Å²) in [6.45, 7) is 8.14. The number of hydrogen-bond acceptors (Lipinski definition) is 4. The van der Waals surface area contributed by atoms with Crippen molar-refractivity contribution < 1.29 is 18.9 Å². The van der Waals surface area contributed by atoms with Crippen molar-refractivity contribution in [3.63, 3.8) is 0 Å². The summed E-state index contributed by atoms with van der Waals surface area (Å²) in [6, 6.07) is 8.03. The van der Waals surface area contributed by atoms with Gasteiger partial charge in [-0.1, -0.05) is 18.2 Å². The second-order valence-corrected chi connectivity index (χ2v) is 4.63. The van der Waals surface area contributed by atoms with Crippen molar-refractivity contribution in [3.8, 4) is 5.75 Å². The SMILES string of the molecule is CCOC(OCC)(OCC)C1CCOc2ccccc21. The van der Waals surface area contributed by atoms with Crippen LogP contribution in [0, 0.1) is 0 Å². The normalized spacial score (nSPS) is 18.4. The van der Waals surface area contributed by atoms with E-state index in [0.717, 1.165) is 17.7 Å². The van der Waals surface area contributed by atoms with Crippen LogP contribution in [-0.4, -0.2) is 32.4 Å². The zero-order chi connectivity index (χ0) is 14.4. The van der Waals surface area contributed by atoms with Gasteiger partial charge in [-0.25, -0.2) is 0 Å². The standard InChI is InChI=1S/C16H24O4/c1-4-18-16(19-5-2,20-6-3)14-11-12-17-15-10-8-7-9-13(14)15/h7-10,14H,4-6,11-12H2,1-3H3. The lowest BCUT2D eigenvalue weighted by Gasteiger charge is -2.41. The maximum absolute atomic E-state index is 5.91. The highest BCUT2D eigenvalue weighted by molar-refractivity contribution is 5.38. The van der Waals surface area contributed by atoms with Crippen LogP contribution >= 0.6 is 0 Å². The fourth-order valence-electron chi connectivity index (χ4n) is 2.74. The summed E-state index contributed by atoms with van der Waals surface area (Å²) in [6.07, 6.45) is 0.816. The van der Waals surface area contributed by atoms with Crippen molar-refractivity contribution in [2.24, 2.45) is 0 Å². The Hall–Kier alpha value is -1.10. The largest absolute Gasteiger partial charge is 0.493 e. The summed E-state index contributed by atoms with van der Waals surface area (Å²) in [5, 5.41) is 0. The maximum Gasteiger partial charge on any atom is 0.290 e. The van der Waals surface area contributed by atoms with Crippen LogP contribution in [-0.2, 0) is 14.2 Å². The number of ether oxygens (including phenoxy) is 4. The predicted molar refractivity (Wildman–Crippen MR) is 76.9 cm³/mol. The van der Waals surface area contributed by atoms with E-state index >= 15 is 0 Å². The molecule has 1 atom stereocenters. The van der Waals surface area contributed by atoms with E-state index in [9.17, 15) is 0 Å². The molecule has 0 saturated carbocycles. The Morgan fingerprint density at radius 1 is 1.05 bits per heavy atom. The van der Waals surface area contributed by atoms with E-state index in [2.05, 4.69) is 6.07 Å². The number of rotatable bonds is 7. The lowest BCUT2D eigenvalue weighted by atomic mass is 9.90. The van der Waals surface area contributed by atoms with Gasteiger partial charge in [0.2, 0.25) is 0 Å². The highest BCUT2D eigenvalue weighted by atomic mass is 16.9. The van der Waals surface area contributed by atoms with Crippen molar-refractivity contribution >= 4 is 0 Å². The van der Waals surface area contributed by atoms with E-state index in [1.807, 2.05) is 39.0 Å². The number of benzene rings is 1. The number of para-hydroxylation sites is 1. The van der Waals surface area contributed by atoms with Gasteiger partial charge in [0.25, 0.3) is 5.97 Å². The third-order valence-corrected chi connectivity index (χ3v) is 3.42. The van der Waals surface area contributed by atoms with Crippen LogP contribution in [0.3, 0.4) is 0 Å². The minimum absolute atomic E-state index is 0.0206. The summed E-state index contributed by atoms with van der Waals surface area (Å²) in [4.78, 5) is 0. The third-order valence-electron chi connectivity index (χ3n) is 3.42. The van der Waals surface area contributed by atoms with E-state index in [0.29, 0.717) is 26.4 Å². The lowest BCUT2D eigenvalue weighted by Crippen LogP contribution is -2.47. The van der Waals surface area contributed by atoms with E-state index in [4.69, 9.17) is 18.9 Å². The minimum Gasteiger partial charge on any atom is -0.493 e. The van der Waals surface area contributed by atoms with E-state index in [1.54, 1.807) is 0 Å². The summed E-state index contributed by atoms with van der Waals surface area (Å²) in [5.41, 5.74) is 1.09. The van der Waals surface area contributed by atoms with Crippen LogP contribution in [0.2, 0.25) is 0 Å².